The van der Waals surface area contributed by atoms with Crippen LogP contribution in [0.4, 0.5) is 10.2 Å². The molecule has 0 atom stereocenters. The normalized spacial score (nSPS) is 10.7. The maximum absolute atomic E-state index is 13.0. The molecule has 112 valence electrons. The Hall–Kier alpha value is -1.99. The number of nitrogens with two attached hydrogens (primary N) is 1. The van der Waals surface area contributed by atoms with Crippen molar-refractivity contribution in [3.8, 4) is 27.6 Å². The van der Waals surface area contributed by atoms with E-state index < -0.39 is 0 Å². The van der Waals surface area contributed by atoms with Gasteiger partial charge < -0.3 is 10.5 Å². The number of hydrogen-bond acceptors (Lipinski definition) is 5. The summed E-state index contributed by atoms with van der Waals surface area (Å²) in [6, 6.07) is 8.02. The quantitative estimate of drug-likeness (QED) is 0.733. The molecule has 0 aliphatic carbocycles. The molecule has 7 heteroatoms. The summed E-state index contributed by atoms with van der Waals surface area (Å²) in [6.45, 7) is 0. The molecule has 0 amide bonds. The van der Waals surface area contributed by atoms with Gasteiger partial charge in [-0.1, -0.05) is 0 Å². The summed E-state index contributed by atoms with van der Waals surface area (Å²) >= 11 is 4.98. The fourth-order valence-corrected chi connectivity index (χ4v) is 3.54. The Morgan fingerprint density at radius 1 is 1.23 bits per heavy atom. The molecule has 2 aromatic heterocycles. The van der Waals surface area contributed by atoms with Gasteiger partial charge in [0.25, 0.3) is 0 Å². The van der Waals surface area contributed by atoms with Crippen LogP contribution in [0.1, 0.15) is 0 Å². The molecule has 0 bridgehead atoms. The number of anilines is 1. The molecule has 0 aliphatic rings. The standard InChI is InChI=1S/C15H11BrFN3OS/c1-21-11-6-9(7-19-14(11)18)12-13(16)22-15(20-12)8-2-4-10(17)5-3-8/h2-7H,1H3,(H2,18,19). The van der Waals surface area contributed by atoms with Crippen molar-refractivity contribution in [1.29, 1.82) is 0 Å². The lowest BCUT2D eigenvalue weighted by molar-refractivity contribution is 0.415. The van der Waals surface area contributed by atoms with E-state index in [9.17, 15) is 4.39 Å². The van der Waals surface area contributed by atoms with E-state index in [1.807, 2.05) is 0 Å². The lowest BCUT2D eigenvalue weighted by Gasteiger charge is -2.05. The second-order valence-electron chi connectivity index (χ2n) is 4.46. The number of hydrogen-bond donors (Lipinski definition) is 1. The number of rotatable bonds is 3. The second kappa shape index (κ2) is 6.02. The van der Waals surface area contributed by atoms with Crippen molar-refractivity contribution in [3.63, 3.8) is 0 Å². The molecule has 0 spiro atoms. The number of thiazole rings is 1. The maximum atomic E-state index is 13.0. The molecule has 2 N–H and O–H groups in total. The first kappa shape index (κ1) is 14.9. The predicted molar refractivity (Wildman–Crippen MR) is 89.4 cm³/mol. The zero-order valence-corrected chi connectivity index (χ0v) is 13.9. The van der Waals surface area contributed by atoms with Crippen LogP contribution in [0.3, 0.4) is 0 Å². The van der Waals surface area contributed by atoms with E-state index in [1.165, 1.54) is 30.6 Å². The minimum absolute atomic E-state index is 0.271. The fourth-order valence-electron chi connectivity index (χ4n) is 1.94. The fraction of sp³-hybridized carbons (Fsp3) is 0.0667. The van der Waals surface area contributed by atoms with E-state index >= 15 is 0 Å². The van der Waals surface area contributed by atoms with Gasteiger partial charge >= 0.3 is 0 Å². The first-order valence-electron chi connectivity index (χ1n) is 6.30. The first-order chi connectivity index (χ1) is 10.6. The summed E-state index contributed by atoms with van der Waals surface area (Å²) in [4.78, 5) is 8.71. The molecule has 3 rings (SSSR count). The van der Waals surface area contributed by atoms with E-state index in [-0.39, 0.29) is 5.82 Å². The van der Waals surface area contributed by atoms with Crippen molar-refractivity contribution in [3.05, 3.63) is 46.1 Å². The molecule has 0 saturated carbocycles. The molecule has 22 heavy (non-hydrogen) atoms. The van der Waals surface area contributed by atoms with Gasteiger partial charge in [0.05, 0.1) is 16.6 Å². The number of ether oxygens (including phenoxy) is 1. The molecular formula is C15H11BrFN3OS. The van der Waals surface area contributed by atoms with Crippen LogP contribution in [0.15, 0.2) is 40.3 Å². The number of halogens is 2. The molecule has 0 saturated heterocycles. The van der Waals surface area contributed by atoms with Gasteiger partial charge in [-0.25, -0.2) is 14.4 Å². The molecule has 0 radical (unpaired) electrons. The summed E-state index contributed by atoms with van der Waals surface area (Å²) in [6.07, 6.45) is 1.64. The highest BCUT2D eigenvalue weighted by molar-refractivity contribution is 9.11. The molecule has 0 aliphatic heterocycles. The predicted octanol–water partition coefficient (Wildman–Crippen LogP) is 4.36. The molecule has 4 nitrogen and oxygen atoms in total. The topological polar surface area (TPSA) is 61.0 Å². The van der Waals surface area contributed by atoms with E-state index in [4.69, 9.17) is 10.5 Å². The largest absolute Gasteiger partial charge is 0.493 e. The summed E-state index contributed by atoms with van der Waals surface area (Å²) in [7, 11) is 1.54. The third-order valence-corrected chi connectivity index (χ3v) is 4.81. The Morgan fingerprint density at radius 2 is 1.95 bits per heavy atom. The number of nitrogens with zero attached hydrogens (tertiary/aromatic N) is 2. The third kappa shape index (κ3) is 2.82. The van der Waals surface area contributed by atoms with Gasteiger partial charge in [0.2, 0.25) is 0 Å². The third-order valence-electron chi connectivity index (χ3n) is 3.05. The van der Waals surface area contributed by atoms with Crippen LogP contribution in [0.25, 0.3) is 21.8 Å². The average molecular weight is 380 g/mol. The van der Waals surface area contributed by atoms with Crippen LogP contribution in [0.2, 0.25) is 0 Å². The van der Waals surface area contributed by atoms with Crippen LogP contribution < -0.4 is 10.5 Å². The SMILES string of the molecule is COc1cc(-c2nc(-c3ccc(F)cc3)sc2Br)cnc1N. The zero-order valence-electron chi connectivity index (χ0n) is 11.5. The van der Waals surface area contributed by atoms with E-state index in [0.29, 0.717) is 11.6 Å². The van der Waals surface area contributed by atoms with Crippen molar-refractivity contribution >= 4 is 33.1 Å². The minimum atomic E-state index is -0.271. The monoisotopic (exact) mass is 379 g/mol. The van der Waals surface area contributed by atoms with Crippen LogP contribution in [-0.2, 0) is 0 Å². The van der Waals surface area contributed by atoms with Gasteiger partial charge in [0.15, 0.2) is 11.6 Å². The Bertz CT molecular complexity index is 820. The molecular weight excluding hydrogens is 369 g/mol. The average Bonchev–Trinajstić information content (AvgIpc) is 2.90. The number of methoxy groups -OCH3 is 1. The van der Waals surface area contributed by atoms with Gasteiger partial charge in [-0.05, 0) is 46.3 Å². The maximum Gasteiger partial charge on any atom is 0.166 e. The van der Waals surface area contributed by atoms with E-state index in [2.05, 4.69) is 25.9 Å². The van der Waals surface area contributed by atoms with Crippen molar-refractivity contribution < 1.29 is 9.13 Å². The highest BCUT2D eigenvalue weighted by Crippen LogP contribution is 2.38. The lowest BCUT2D eigenvalue weighted by Crippen LogP contribution is -1.96. The van der Waals surface area contributed by atoms with E-state index in [0.717, 1.165) is 25.6 Å². The Balaban J connectivity index is 2.04. The number of benzene rings is 1. The van der Waals surface area contributed by atoms with Gasteiger partial charge in [-0.3, -0.25) is 0 Å². The second-order valence-corrected chi connectivity index (χ2v) is 6.78. The van der Waals surface area contributed by atoms with Crippen LogP contribution in [0, 0.1) is 5.82 Å². The first-order valence-corrected chi connectivity index (χ1v) is 7.91. The summed E-state index contributed by atoms with van der Waals surface area (Å²) in [5.41, 5.74) is 8.12. The van der Waals surface area contributed by atoms with Gasteiger partial charge in [0.1, 0.15) is 10.8 Å². The van der Waals surface area contributed by atoms with Gasteiger partial charge in [-0.2, -0.15) is 0 Å². The molecule has 0 unspecified atom stereocenters. The van der Waals surface area contributed by atoms with Crippen LogP contribution in [0.5, 0.6) is 5.75 Å². The molecule has 0 fully saturated rings. The van der Waals surface area contributed by atoms with E-state index in [1.54, 1.807) is 24.4 Å². The number of pyridine rings is 1. The van der Waals surface area contributed by atoms with Crippen molar-refractivity contribution in [2.75, 3.05) is 12.8 Å². The summed E-state index contributed by atoms with van der Waals surface area (Å²) < 4.78 is 19.1. The lowest BCUT2D eigenvalue weighted by atomic mass is 10.2. The molecule has 1 aromatic carbocycles. The van der Waals surface area contributed by atoms with Gasteiger partial charge in [0, 0.05) is 17.3 Å². The Morgan fingerprint density at radius 3 is 2.64 bits per heavy atom. The number of nitrogen functional groups attached to an aromatic ring is 1. The highest BCUT2D eigenvalue weighted by Gasteiger charge is 2.14. The van der Waals surface area contributed by atoms with Crippen molar-refractivity contribution in [2.24, 2.45) is 0 Å². The van der Waals surface area contributed by atoms with Crippen LogP contribution >= 0.6 is 27.3 Å². The molecule has 3 aromatic rings. The number of aromatic nitrogens is 2. The van der Waals surface area contributed by atoms with Gasteiger partial charge in [-0.15, -0.1) is 11.3 Å². The van der Waals surface area contributed by atoms with Crippen molar-refractivity contribution in [2.45, 2.75) is 0 Å². The molecule has 2 heterocycles. The Labute approximate surface area is 138 Å². The summed E-state index contributed by atoms with van der Waals surface area (Å²) in [5, 5.41) is 0.790. The van der Waals surface area contributed by atoms with Crippen molar-refractivity contribution in [1.82, 2.24) is 9.97 Å². The van der Waals surface area contributed by atoms with Crippen LogP contribution in [-0.4, -0.2) is 17.1 Å². The Kier molecular flexibility index (Phi) is 4.08. The minimum Gasteiger partial charge on any atom is -0.493 e. The zero-order chi connectivity index (χ0) is 15.7. The summed E-state index contributed by atoms with van der Waals surface area (Å²) in [5.74, 6) is 0.559. The smallest absolute Gasteiger partial charge is 0.166 e. The highest BCUT2D eigenvalue weighted by atomic mass is 79.9.